The van der Waals surface area contributed by atoms with Crippen LogP contribution in [0.3, 0.4) is 0 Å². The summed E-state index contributed by atoms with van der Waals surface area (Å²) in [6.07, 6.45) is 6.81. The molecule has 0 bridgehead atoms. The Bertz CT molecular complexity index is 572. The van der Waals surface area contributed by atoms with Gasteiger partial charge >= 0.3 is 0 Å². The van der Waals surface area contributed by atoms with Crippen LogP contribution in [0, 0.1) is 11.3 Å². The Balaban J connectivity index is 0.00000312. The largest absolute Gasteiger partial charge is 0.369 e. The molecule has 1 aliphatic heterocycles. The third-order valence-electron chi connectivity index (χ3n) is 4.75. The highest BCUT2D eigenvalue weighted by atomic mass is 127. The van der Waals surface area contributed by atoms with Crippen molar-refractivity contribution in [1.29, 1.82) is 0 Å². The molecule has 2 rings (SSSR count). The van der Waals surface area contributed by atoms with Gasteiger partial charge in [0.25, 0.3) is 0 Å². The molecule has 3 N–H and O–H groups in total. The number of nitrogens with one attached hydrogen (secondary N) is 1. The van der Waals surface area contributed by atoms with Crippen LogP contribution in [0.1, 0.15) is 40.2 Å². The fraction of sp³-hybridized carbons (Fsp3) is 0.706. The van der Waals surface area contributed by atoms with Crippen molar-refractivity contribution in [2.24, 2.45) is 22.1 Å². The first-order chi connectivity index (χ1) is 11.3. The summed E-state index contributed by atoms with van der Waals surface area (Å²) < 4.78 is 2.17. The summed E-state index contributed by atoms with van der Waals surface area (Å²) in [5.41, 5.74) is 4.82. The van der Waals surface area contributed by atoms with E-state index in [2.05, 4.69) is 38.6 Å². The molecule has 7 nitrogen and oxygen atoms in total. The summed E-state index contributed by atoms with van der Waals surface area (Å²) >= 11 is 0. The molecule has 2 heterocycles. The van der Waals surface area contributed by atoms with Crippen molar-refractivity contribution in [2.45, 2.75) is 40.2 Å². The molecule has 0 aromatic carbocycles. The average molecular weight is 462 g/mol. The summed E-state index contributed by atoms with van der Waals surface area (Å²) in [5, 5.41) is 3.34. The van der Waals surface area contributed by atoms with Crippen LogP contribution < -0.4 is 11.1 Å². The molecule has 2 unspecified atom stereocenters. The minimum atomic E-state index is -0.645. The molecule has 1 amide bonds. The number of hydrogen-bond donors (Lipinski definition) is 2. The number of rotatable bonds is 5. The van der Waals surface area contributed by atoms with E-state index in [0.29, 0.717) is 18.5 Å². The van der Waals surface area contributed by atoms with Crippen LogP contribution in [-0.4, -0.2) is 52.5 Å². The van der Waals surface area contributed by atoms with E-state index in [1.807, 2.05) is 32.6 Å². The number of guanidine groups is 1. The highest BCUT2D eigenvalue weighted by molar-refractivity contribution is 14.0. The second-order valence-corrected chi connectivity index (χ2v) is 7.21. The molecule has 1 aromatic heterocycles. The fourth-order valence-corrected chi connectivity index (χ4v) is 2.87. The number of carbonyl (C=O) groups excluding carboxylic acids is 1. The number of nitrogens with zero attached hydrogens (tertiary/aromatic N) is 4. The zero-order valence-electron chi connectivity index (χ0n) is 15.6. The van der Waals surface area contributed by atoms with E-state index in [-0.39, 0.29) is 29.9 Å². The van der Waals surface area contributed by atoms with Crippen LogP contribution >= 0.6 is 24.0 Å². The molecule has 0 saturated carbocycles. The van der Waals surface area contributed by atoms with Gasteiger partial charge in [-0.05, 0) is 33.1 Å². The lowest BCUT2D eigenvalue weighted by Crippen LogP contribution is -2.49. The Kier molecular flexibility index (Phi) is 8.17. The number of halogens is 1. The number of aromatic nitrogens is 2. The van der Waals surface area contributed by atoms with E-state index in [1.165, 1.54) is 0 Å². The van der Waals surface area contributed by atoms with E-state index in [0.717, 1.165) is 32.0 Å². The topological polar surface area (TPSA) is 88.5 Å². The number of hydrogen-bond acceptors (Lipinski definition) is 3. The number of piperidine rings is 1. The van der Waals surface area contributed by atoms with Gasteiger partial charge in [-0.25, -0.2) is 4.98 Å². The predicted octanol–water partition coefficient (Wildman–Crippen LogP) is 1.86. The van der Waals surface area contributed by atoms with Crippen LogP contribution in [0.5, 0.6) is 0 Å². The monoisotopic (exact) mass is 462 g/mol. The maximum Gasteiger partial charge on any atom is 0.224 e. The van der Waals surface area contributed by atoms with Crippen molar-refractivity contribution in [3.63, 3.8) is 0 Å². The highest BCUT2D eigenvalue weighted by Crippen LogP contribution is 2.27. The summed E-state index contributed by atoms with van der Waals surface area (Å²) in [7, 11) is 0. The van der Waals surface area contributed by atoms with Crippen LogP contribution in [0.15, 0.2) is 23.7 Å². The molecular formula is C17H31IN6O. The number of nitrogens with two attached hydrogens (primary N) is 1. The smallest absolute Gasteiger partial charge is 0.224 e. The van der Waals surface area contributed by atoms with Gasteiger partial charge in [0.2, 0.25) is 5.91 Å². The van der Waals surface area contributed by atoms with Crippen molar-refractivity contribution in [2.75, 3.05) is 26.2 Å². The zero-order valence-corrected chi connectivity index (χ0v) is 17.9. The SMILES string of the molecule is CCNC(=NCC(C)(C)C(N)=O)N1CCC(C)C(n2ccnc2)C1.I. The third kappa shape index (κ3) is 5.58. The molecule has 0 spiro atoms. The van der Waals surface area contributed by atoms with E-state index in [1.54, 1.807) is 0 Å². The van der Waals surface area contributed by atoms with Crippen molar-refractivity contribution < 1.29 is 4.79 Å². The molecule has 8 heteroatoms. The summed E-state index contributed by atoms with van der Waals surface area (Å²) in [6.45, 7) is 11.0. The Morgan fingerprint density at radius 2 is 2.20 bits per heavy atom. The van der Waals surface area contributed by atoms with Crippen LogP contribution in [-0.2, 0) is 4.79 Å². The Labute approximate surface area is 167 Å². The zero-order chi connectivity index (χ0) is 17.7. The molecule has 1 aromatic rings. The number of primary amides is 1. The molecule has 25 heavy (non-hydrogen) atoms. The summed E-state index contributed by atoms with van der Waals surface area (Å²) in [4.78, 5) is 22.6. The van der Waals surface area contributed by atoms with Crippen molar-refractivity contribution in [1.82, 2.24) is 19.8 Å². The minimum absolute atomic E-state index is 0. The average Bonchev–Trinajstić information content (AvgIpc) is 3.06. The molecule has 1 fully saturated rings. The van der Waals surface area contributed by atoms with Crippen molar-refractivity contribution in [3.05, 3.63) is 18.7 Å². The van der Waals surface area contributed by atoms with Gasteiger partial charge in [-0.2, -0.15) is 0 Å². The number of amides is 1. The first kappa shape index (κ1) is 21.7. The first-order valence-electron chi connectivity index (χ1n) is 8.65. The van der Waals surface area contributed by atoms with Gasteiger partial charge in [0, 0.05) is 32.0 Å². The lowest BCUT2D eigenvalue weighted by Gasteiger charge is -2.39. The molecule has 1 aliphatic rings. The Morgan fingerprint density at radius 1 is 1.48 bits per heavy atom. The standard InChI is InChI=1S/C17H30N6O.HI/c1-5-20-16(21-11-17(3,4)15(18)24)22-8-6-13(2)14(10-22)23-9-7-19-12-23;/h7,9,12-14H,5-6,8,10-11H2,1-4H3,(H2,18,24)(H,20,21);1H. The van der Waals surface area contributed by atoms with Gasteiger partial charge in [-0.1, -0.05) is 6.92 Å². The Morgan fingerprint density at radius 3 is 2.76 bits per heavy atom. The molecule has 142 valence electrons. The van der Waals surface area contributed by atoms with Gasteiger partial charge in [-0.15, -0.1) is 24.0 Å². The maximum atomic E-state index is 11.5. The lowest BCUT2D eigenvalue weighted by molar-refractivity contribution is -0.125. The minimum Gasteiger partial charge on any atom is -0.369 e. The van der Waals surface area contributed by atoms with E-state index in [4.69, 9.17) is 5.73 Å². The van der Waals surface area contributed by atoms with Gasteiger partial charge in [0.05, 0.1) is 24.3 Å². The molecular weight excluding hydrogens is 431 g/mol. The van der Waals surface area contributed by atoms with Crippen molar-refractivity contribution >= 4 is 35.8 Å². The van der Waals surface area contributed by atoms with Crippen LogP contribution in [0.4, 0.5) is 0 Å². The highest BCUT2D eigenvalue weighted by Gasteiger charge is 2.30. The molecule has 2 atom stereocenters. The van der Waals surface area contributed by atoms with E-state index >= 15 is 0 Å². The fourth-order valence-electron chi connectivity index (χ4n) is 2.87. The van der Waals surface area contributed by atoms with E-state index < -0.39 is 5.41 Å². The second kappa shape index (κ2) is 9.40. The summed E-state index contributed by atoms with van der Waals surface area (Å²) in [5.74, 6) is 1.11. The van der Waals surface area contributed by atoms with Gasteiger partial charge < -0.3 is 20.5 Å². The number of imidazole rings is 1. The normalized spacial score (nSPS) is 21.6. The lowest BCUT2D eigenvalue weighted by atomic mass is 9.92. The van der Waals surface area contributed by atoms with Gasteiger partial charge in [0.15, 0.2) is 5.96 Å². The maximum absolute atomic E-state index is 11.5. The van der Waals surface area contributed by atoms with Crippen LogP contribution in [0.2, 0.25) is 0 Å². The number of likely N-dealkylation sites (tertiary alicyclic amines) is 1. The molecule has 0 aliphatic carbocycles. The van der Waals surface area contributed by atoms with Gasteiger partial charge in [-0.3, -0.25) is 9.79 Å². The Hall–Kier alpha value is -1.32. The van der Waals surface area contributed by atoms with Crippen molar-refractivity contribution in [3.8, 4) is 0 Å². The summed E-state index contributed by atoms with van der Waals surface area (Å²) in [6, 6.07) is 0.370. The number of carbonyl (C=O) groups is 1. The first-order valence-corrected chi connectivity index (χ1v) is 8.65. The predicted molar refractivity (Wildman–Crippen MR) is 111 cm³/mol. The molecule has 0 radical (unpaired) electrons. The molecule has 1 saturated heterocycles. The quantitative estimate of drug-likeness (QED) is 0.397. The van der Waals surface area contributed by atoms with E-state index in [9.17, 15) is 4.79 Å². The second-order valence-electron chi connectivity index (χ2n) is 7.21. The number of aliphatic imine (C=N–C) groups is 1. The van der Waals surface area contributed by atoms with Gasteiger partial charge in [0.1, 0.15) is 0 Å². The van der Waals surface area contributed by atoms with Crippen LogP contribution in [0.25, 0.3) is 0 Å². The third-order valence-corrected chi connectivity index (χ3v) is 4.75.